The molecule has 0 aliphatic rings. The van der Waals surface area contributed by atoms with Crippen LogP contribution in [0, 0.1) is 0 Å². The Morgan fingerprint density at radius 2 is 1.76 bits per heavy atom. The second-order valence-corrected chi connectivity index (χ2v) is 5.89. The van der Waals surface area contributed by atoms with Gasteiger partial charge in [0.2, 0.25) is 5.78 Å². The Labute approximate surface area is 129 Å². The van der Waals surface area contributed by atoms with Crippen LogP contribution in [0.2, 0.25) is 5.02 Å². The van der Waals surface area contributed by atoms with Crippen molar-refractivity contribution < 1.29 is 24.1 Å². The van der Waals surface area contributed by atoms with E-state index in [-0.39, 0.29) is 6.42 Å². The number of hydrogen-bond acceptors (Lipinski definition) is 5. The van der Waals surface area contributed by atoms with Crippen LogP contribution in [-0.4, -0.2) is 24.5 Å². The van der Waals surface area contributed by atoms with Gasteiger partial charge >= 0.3 is 5.97 Å². The third-order valence-electron chi connectivity index (χ3n) is 2.44. The number of carbonyl (C=O) groups is 2. The van der Waals surface area contributed by atoms with Crippen LogP contribution in [0.1, 0.15) is 38.9 Å². The van der Waals surface area contributed by atoms with Gasteiger partial charge in [0.05, 0.1) is 19.1 Å². The van der Waals surface area contributed by atoms with E-state index >= 15 is 0 Å². The molecule has 0 spiro atoms. The molecule has 6 heteroatoms. The highest BCUT2D eigenvalue weighted by atomic mass is 35.5. The van der Waals surface area contributed by atoms with Crippen molar-refractivity contribution in [3.05, 3.63) is 34.9 Å². The Morgan fingerprint density at radius 3 is 2.24 bits per heavy atom. The molecule has 0 N–H and O–H groups in total. The van der Waals surface area contributed by atoms with Gasteiger partial charge in [0.25, 0.3) is 0 Å². The topological polar surface area (TPSA) is 61.8 Å². The van der Waals surface area contributed by atoms with E-state index in [4.69, 9.17) is 21.4 Å². The summed E-state index contributed by atoms with van der Waals surface area (Å²) in [5.41, 5.74) is 0.139. The van der Waals surface area contributed by atoms with Crippen LogP contribution < -0.4 is 0 Å². The fraction of sp³-hybridized carbons (Fsp3) is 0.467. The van der Waals surface area contributed by atoms with Crippen LogP contribution in [0.4, 0.5) is 0 Å². The molecule has 0 radical (unpaired) electrons. The van der Waals surface area contributed by atoms with Gasteiger partial charge in [0, 0.05) is 5.02 Å². The van der Waals surface area contributed by atoms with E-state index < -0.39 is 23.5 Å². The molecule has 21 heavy (non-hydrogen) atoms. The lowest BCUT2D eigenvalue weighted by Crippen LogP contribution is -2.24. The molecule has 0 saturated carbocycles. The van der Waals surface area contributed by atoms with Gasteiger partial charge in [-0.05, 0) is 38.5 Å². The maximum absolute atomic E-state index is 11.7. The number of hydrogen-bond donors (Lipinski definition) is 0. The molecule has 0 aliphatic carbocycles. The number of halogens is 1. The average Bonchev–Trinajstić information content (AvgIpc) is 2.42. The number of benzene rings is 1. The van der Waals surface area contributed by atoms with Crippen LogP contribution in [0.5, 0.6) is 0 Å². The number of Topliss-reactive ketones (excluding diaryl/α,β-unsaturated/α-hetero) is 1. The summed E-state index contributed by atoms with van der Waals surface area (Å²) < 4.78 is 4.41. The summed E-state index contributed by atoms with van der Waals surface area (Å²) in [6, 6.07) is 6.77. The zero-order valence-corrected chi connectivity index (χ0v) is 13.3. The lowest BCUT2D eigenvalue weighted by molar-refractivity contribution is -0.375. The predicted octanol–water partition coefficient (Wildman–Crippen LogP) is 3.26. The van der Waals surface area contributed by atoms with Crippen LogP contribution in [0.15, 0.2) is 24.3 Å². The summed E-state index contributed by atoms with van der Waals surface area (Å²) in [6.45, 7) is 5.44. The van der Waals surface area contributed by atoms with E-state index in [1.54, 1.807) is 24.3 Å². The maximum Gasteiger partial charge on any atom is 0.374 e. The summed E-state index contributed by atoms with van der Waals surface area (Å²) in [5.74, 6) is -1.59. The third kappa shape index (κ3) is 6.25. The molecule has 5 nitrogen and oxygen atoms in total. The molecule has 0 aliphatic heterocycles. The van der Waals surface area contributed by atoms with Crippen molar-refractivity contribution in [2.45, 2.75) is 38.9 Å². The molecule has 1 rings (SSSR count). The number of esters is 1. The van der Waals surface area contributed by atoms with Crippen molar-refractivity contribution in [1.29, 1.82) is 0 Å². The first-order valence-corrected chi connectivity index (χ1v) is 6.82. The van der Waals surface area contributed by atoms with Crippen LogP contribution >= 0.6 is 11.6 Å². The quantitative estimate of drug-likeness (QED) is 0.349. The third-order valence-corrected chi connectivity index (χ3v) is 2.69. The monoisotopic (exact) mass is 314 g/mol. The number of ether oxygens (including phenoxy) is 1. The van der Waals surface area contributed by atoms with Gasteiger partial charge < -0.3 is 4.74 Å². The van der Waals surface area contributed by atoms with Gasteiger partial charge in [-0.25, -0.2) is 14.6 Å². The fourth-order valence-corrected chi connectivity index (χ4v) is 1.58. The molecule has 0 bridgehead atoms. The summed E-state index contributed by atoms with van der Waals surface area (Å²) >= 11 is 5.83. The minimum absolute atomic E-state index is 0.176. The Kier molecular flexibility index (Phi) is 6.33. The molecular weight excluding hydrogens is 296 g/mol. The molecule has 0 aromatic heterocycles. The van der Waals surface area contributed by atoms with Crippen LogP contribution in [0.3, 0.4) is 0 Å². The molecule has 1 aromatic carbocycles. The molecule has 0 saturated heterocycles. The normalized spacial score (nSPS) is 12.8. The largest absolute Gasteiger partial charge is 0.463 e. The van der Waals surface area contributed by atoms with Crippen molar-refractivity contribution in [2.75, 3.05) is 7.11 Å². The smallest absolute Gasteiger partial charge is 0.374 e. The number of ketones is 1. The van der Waals surface area contributed by atoms with E-state index in [2.05, 4.69) is 4.74 Å². The molecule has 0 unspecified atom stereocenters. The summed E-state index contributed by atoms with van der Waals surface area (Å²) in [4.78, 5) is 33.5. The standard InChI is InChI=1S/C15H19ClO5/c1-15(2,3)21-20-13(9-12(17)14(18)19-4)10-5-7-11(16)8-6-10/h5-8,13H,9H2,1-4H3/t13-/m0/s1. The first kappa shape index (κ1) is 17.6. The molecule has 1 atom stereocenters. The summed E-state index contributed by atoms with van der Waals surface area (Å²) in [5, 5.41) is 0.563. The Balaban J connectivity index is 2.86. The van der Waals surface area contributed by atoms with E-state index in [1.807, 2.05) is 20.8 Å². The van der Waals surface area contributed by atoms with Gasteiger partial charge in [0.15, 0.2) is 0 Å². The second kappa shape index (κ2) is 7.54. The lowest BCUT2D eigenvalue weighted by Gasteiger charge is -2.23. The van der Waals surface area contributed by atoms with Gasteiger partial charge in [-0.3, -0.25) is 4.79 Å². The molecule has 0 heterocycles. The van der Waals surface area contributed by atoms with Gasteiger partial charge in [0.1, 0.15) is 6.10 Å². The Hall–Kier alpha value is -1.43. The highest BCUT2D eigenvalue weighted by Gasteiger charge is 2.25. The number of carbonyl (C=O) groups excluding carboxylic acids is 2. The zero-order valence-electron chi connectivity index (χ0n) is 12.5. The highest BCUT2D eigenvalue weighted by molar-refractivity contribution is 6.33. The molecule has 0 fully saturated rings. The summed E-state index contributed by atoms with van der Waals surface area (Å²) in [6.07, 6.45) is -0.891. The van der Waals surface area contributed by atoms with Gasteiger partial charge in [-0.1, -0.05) is 23.7 Å². The number of methoxy groups -OCH3 is 1. The van der Waals surface area contributed by atoms with Crippen molar-refractivity contribution in [3.8, 4) is 0 Å². The lowest BCUT2D eigenvalue weighted by atomic mass is 10.0. The van der Waals surface area contributed by atoms with Crippen molar-refractivity contribution in [2.24, 2.45) is 0 Å². The average molecular weight is 315 g/mol. The molecule has 116 valence electrons. The highest BCUT2D eigenvalue weighted by Crippen LogP contribution is 2.26. The molecular formula is C15H19ClO5. The zero-order chi connectivity index (χ0) is 16.0. The van der Waals surface area contributed by atoms with Crippen molar-refractivity contribution >= 4 is 23.4 Å². The van der Waals surface area contributed by atoms with Gasteiger partial charge in [-0.15, -0.1) is 0 Å². The molecule has 0 amide bonds. The van der Waals surface area contributed by atoms with E-state index in [0.29, 0.717) is 10.6 Å². The van der Waals surface area contributed by atoms with E-state index in [1.165, 1.54) is 0 Å². The minimum Gasteiger partial charge on any atom is -0.463 e. The Bertz CT molecular complexity index is 490. The van der Waals surface area contributed by atoms with Crippen LogP contribution in [-0.2, 0) is 24.1 Å². The van der Waals surface area contributed by atoms with Crippen LogP contribution in [0.25, 0.3) is 0 Å². The van der Waals surface area contributed by atoms with Crippen molar-refractivity contribution in [1.82, 2.24) is 0 Å². The number of rotatable bonds is 6. The van der Waals surface area contributed by atoms with Gasteiger partial charge in [-0.2, -0.15) is 0 Å². The fourth-order valence-electron chi connectivity index (χ4n) is 1.45. The predicted molar refractivity (Wildman–Crippen MR) is 77.8 cm³/mol. The first-order chi connectivity index (χ1) is 9.73. The molecule has 1 aromatic rings. The summed E-state index contributed by atoms with van der Waals surface area (Å²) in [7, 11) is 1.16. The minimum atomic E-state index is -0.909. The first-order valence-electron chi connectivity index (χ1n) is 6.44. The van der Waals surface area contributed by atoms with Crippen molar-refractivity contribution in [3.63, 3.8) is 0 Å². The van der Waals surface area contributed by atoms with E-state index in [0.717, 1.165) is 7.11 Å². The maximum atomic E-state index is 11.7. The SMILES string of the molecule is COC(=O)C(=O)C[C@H](OOC(C)(C)C)c1ccc(Cl)cc1. The second-order valence-electron chi connectivity index (χ2n) is 5.45. The Morgan fingerprint density at radius 1 is 1.19 bits per heavy atom. The van der Waals surface area contributed by atoms with E-state index in [9.17, 15) is 9.59 Å².